The summed E-state index contributed by atoms with van der Waals surface area (Å²) in [6.45, 7) is 2.15. The average Bonchev–Trinajstić information content (AvgIpc) is 3.21. The highest BCUT2D eigenvalue weighted by atomic mass is 35.5. The second-order valence-electron chi connectivity index (χ2n) is 7.79. The Bertz CT molecular complexity index is 1570. The van der Waals surface area contributed by atoms with E-state index in [1.165, 1.54) is 4.57 Å². The van der Waals surface area contributed by atoms with Crippen LogP contribution in [0.3, 0.4) is 0 Å². The van der Waals surface area contributed by atoms with Crippen LogP contribution in [-0.2, 0) is 13.1 Å². The van der Waals surface area contributed by atoms with Crippen molar-refractivity contribution in [2.45, 2.75) is 20.0 Å². The molecule has 0 aliphatic heterocycles. The van der Waals surface area contributed by atoms with Crippen molar-refractivity contribution >= 4 is 22.5 Å². The minimum absolute atomic E-state index is 0.146. The third-order valence-electron chi connectivity index (χ3n) is 5.61. The molecule has 0 saturated heterocycles. The standard InChI is InChI=1S/C26H20ClN3O3/c1-17-22(28-24(33-17)19-7-3-2-4-8-19)16-29-23-10-6-5-9-21(23)25(31)30(26(29)32)15-18-11-13-20(27)14-12-18/h2-14H,15-16H2,1H3. The SMILES string of the molecule is Cc1oc(-c2ccccc2)nc1Cn1c(=O)n(Cc2ccc(Cl)cc2)c(=O)c2ccccc21. The number of rotatable bonds is 5. The van der Waals surface area contributed by atoms with Gasteiger partial charge in [-0.25, -0.2) is 9.78 Å². The Morgan fingerprint density at radius 3 is 2.30 bits per heavy atom. The van der Waals surface area contributed by atoms with E-state index in [1.807, 2.05) is 55.5 Å². The molecule has 33 heavy (non-hydrogen) atoms. The van der Waals surface area contributed by atoms with Crippen molar-refractivity contribution in [2.75, 3.05) is 0 Å². The van der Waals surface area contributed by atoms with Gasteiger partial charge in [-0.3, -0.25) is 13.9 Å². The lowest BCUT2D eigenvalue weighted by Crippen LogP contribution is -2.40. The first-order valence-electron chi connectivity index (χ1n) is 10.5. The van der Waals surface area contributed by atoms with Crippen LogP contribution in [0.5, 0.6) is 0 Å². The monoisotopic (exact) mass is 457 g/mol. The summed E-state index contributed by atoms with van der Waals surface area (Å²) >= 11 is 5.98. The number of halogens is 1. The Kier molecular flexibility index (Phi) is 5.44. The summed E-state index contributed by atoms with van der Waals surface area (Å²) in [6, 6.07) is 23.8. The summed E-state index contributed by atoms with van der Waals surface area (Å²) in [4.78, 5) is 31.3. The van der Waals surface area contributed by atoms with Gasteiger partial charge in [0.2, 0.25) is 5.89 Å². The molecular formula is C26H20ClN3O3. The fraction of sp³-hybridized carbons (Fsp3) is 0.115. The number of nitrogens with zero attached hydrogens (tertiary/aromatic N) is 3. The zero-order valence-electron chi connectivity index (χ0n) is 17.9. The molecule has 0 aliphatic carbocycles. The largest absolute Gasteiger partial charge is 0.441 e. The number of hydrogen-bond acceptors (Lipinski definition) is 4. The molecule has 6 nitrogen and oxygen atoms in total. The smallest absolute Gasteiger partial charge is 0.332 e. The number of benzene rings is 3. The van der Waals surface area contributed by atoms with Gasteiger partial charge in [0.05, 0.1) is 24.0 Å². The van der Waals surface area contributed by atoms with Gasteiger partial charge in [0.1, 0.15) is 11.5 Å². The van der Waals surface area contributed by atoms with Crippen LogP contribution >= 0.6 is 11.6 Å². The molecule has 0 fully saturated rings. The number of aromatic nitrogens is 3. The Labute approximate surface area is 194 Å². The molecule has 7 heteroatoms. The number of aryl methyl sites for hydroxylation is 1. The van der Waals surface area contributed by atoms with Crippen molar-refractivity contribution < 1.29 is 4.42 Å². The van der Waals surface area contributed by atoms with Gasteiger partial charge in [0.15, 0.2) is 0 Å². The third kappa shape index (κ3) is 4.01. The molecule has 0 unspecified atom stereocenters. The van der Waals surface area contributed by atoms with E-state index < -0.39 is 5.69 Å². The molecule has 3 aromatic carbocycles. The molecule has 0 radical (unpaired) electrons. The molecule has 0 N–H and O–H groups in total. The lowest BCUT2D eigenvalue weighted by Gasteiger charge is -2.13. The van der Waals surface area contributed by atoms with Gasteiger partial charge in [-0.15, -0.1) is 0 Å². The van der Waals surface area contributed by atoms with E-state index in [1.54, 1.807) is 34.9 Å². The van der Waals surface area contributed by atoms with Gasteiger partial charge in [-0.05, 0) is 48.9 Å². The van der Waals surface area contributed by atoms with Crippen molar-refractivity contribution in [3.05, 3.63) is 122 Å². The minimum Gasteiger partial charge on any atom is -0.441 e. The summed E-state index contributed by atoms with van der Waals surface area (Å²) < 4.78 is 8.70. The van der Waals surface area contributed by atoms with Crippen molar-refractivity contribution in [3.8, 4) is 11.5 Å². The maximum absolute atomic E-state index is 13.5. The highest BCUT2D eigenvalue weighted by molar-refractivity contribution is 6.30. The maximum atomic E-state index is 13.5. The van der Waals surface area contributed by atoms with E-state index in [0.717, 1.165) is 11.1 Å². The Morgan fingerprint density at radius 2 is 1.55 bits per heavy atom. The zero-order valence-corrected chi connectivity index (χ0v) is 18.6. The summed E-state index contributed by atoms with van der Waals surface area (Å²) in [7, 11) is 0. The second-order valence-corrected chi connectivity index (χ2v) is 8.23. The summed E-state index contributed by atoms with van der Waals surface area (Å²) in [5, 5.41) is 1.06. The van der Waals surface area contributed by atoms with Gasteiger partial charge >= 0.3 is 5.69 Å². The predicted octanol–water partition coefficient (Wildman–Crippen LogP) is 4.88. The van der Waals surface area contributed by atoms with E-state index in [0.29, 0.717) is 33.3 Å². The molecule has 5 rings (SSSR count). The number of fused-ring (bicyclic) bond motifs is 1. The Hall–Kier alpha value is -3.90. The first kappa shape index (κ1) is 21.0. The molecule has 0 atom stereocenters. The van der Waals surface area contributed by atoms with E-state index in [2.05, 4.69) is 4.98 Å². The maximum Gasteiger partial charge on any atom is 0.332 e. The van der Waals surface area contributed by atoms with Crippen molar-refractivity contribution in [3.63, 3.8) is 0 Å². The van der Waals surface area contributed by atoms with E-state index in [9.17, 15) is 9.59 Å². The molecule has 0 bridgehead atoms. The van der Waals surface area contributed by atoms with Crippen LogP contribution in [0.2, 0.25) is 5.02 Å². The van der Waals surface area contributed by atoms with Gasteiger partial charge in [0, 0.05) is 10.6 Å². The van der Waals surface area contributed by atoms with Crippen LogP contribution in [0.1, 0.15) is 17.0 Å². The average molecular weight is 458 g/mol. The van der Waals surface area contributed by atoms with Crippen LogP contribution in [0.25, 0.3) is 22.4 Å². The molecule has 164 valence electrons. The fourth-order valence-electron chi connectivity index (χ4n) is 3.86. The van der Waals surface area contributed by atoms with Crippen LogP contribution in [0.15, 0.2) is 92.9 Å². The first-order valence-corrected chi connectivity index (χ1v) is 10.9. The lowest BCUT2D eigenvalue weighted by atomic mass is 10.2. The molecular weight excluding hydrogens is 438 g/mol. The molecule has 5 aromatic rings. The highest BCUT2D eigenvalue weighted by Gasteiger charge is 2.17. The van der Waals surface area contributed by atoms with Crippen molar-refractivity contribution in [2.24, 2.45) is 0 Å². The zero-order chi connectivity index (χ0) is 22.9. The molecule has 0 amide bonds. The molecule has 2 aromatic heterocycles. The van der Waals surface area contributed by atoms with Crippen LogP contribution in [0.4, 0.5) is 0 Å². The fourth-order valence-corrected chi connectivity index (χ4v) is 3.99. The van der Waals surface area contributed by atoms with Crippen LogP contribution < -0.4 is 11.2 Å². The molecule has 0 aliphatic rings. The molecule has 0 spiro atoms. The Balaban J connectivity index is 1.63. The summed E-state index contributed by atoms with van der Waals surface area (Å²) in [6.07, 6.45) is 0. The van der Waals surface area contributed by atoms with Crippen LogP contribution in [-0.4, -0.2) is 14.1 Å². The number of oxazole rings is 1. The number of para-hydroxylation sites is 1. The quantitative estimate of drug-likeness (QED) is 0.377. The van der Waals surface area contributed by atoms with E-state index >= 15 is 0 Å². The van der Waals surface area contributed by atoms with E-state index in [-0.39, 0.29) is 18.6 Å². The normalized spacial score (nSPS) is 11.2. The van der Waals surface area contributed by atoms with Crippen molar-refractivity contribution in [1.82, 2.24) is 14.1 Å². The Morgan fingerprint density at radius 1 is 0.848 bits per heavy atom. The summed E-state index contributed by atoms with van der Waals surface area (Å²) in [5.74, 6) is 1.12. The first-order chi connectivity index (χ1) is 16.0. The van der Waals surface area contributed by atoms with Gasteiger partial charge in [-0.2, -0.15) is 0 Å². The van der Waals surface area contributed by atoms with Gasteiger partial charge < -0.3 is 4.42 Å². The van der Waals surface area contributed by atoms with Gasteiger partial charge in [-0.1, -0.05) is 54.1 Å². The molecule has 2 heterocycles. The summed E-state index contributed by atoms with van der Waals surface area (Å²) in [5.41, 5.74) is 2.13. The number of hydrogen-bond donors (Lipinski definition) is 0. The second kappa shape index (κ2) is 8.56. The van der Waals surface area contributed by atoms with Crippen molar-refractivity contribution in [1.29, 1.82) is 0 Å². The van der Waals surface area contributed by atoms with Gasteiger partial charge in [0.25, 0.3) is 5.56 Å². The lowest BCUT2D eigenvalue weighted by molar-refractivity contribution is 0.536. The highest BCUT2D eigenvalue weighted by Crippen LogP contribution is 2.22. The minimum atomic E-state index is -0.405. The molecule has 0 saturated carbocycles. The van der Waals surface area contributed by atoms with E-state index in [4.69, 9.17) is 16.0 Å². The predicted molar refractivity (Wildman–Crippen MR) is 129 cm³/mol. The van der Waals surface area contributed by atoms with Crippen LogP contribution in [0, 0.1) is 6.92 Å². The third-order valence-corrected chi connectivity index (χ3v) is 5.86. The topological polar surface area (TPSA) is 70.0 Å².